The molecule has 1 aliphatic rings. The second-order valence-electron chi connectivity index (χ2n) is 5.74. The quantitative estimate of drug-likeness (QED) is 0.312. The summed E-state index contributed by atoms with van der Waals surface area (Å²) in [4.78, 5) is 12.2. The molecule has 0 aromatic heterocycles. The Kier molecular flexibility index (Phi) is 5.52. The van der Waals surface area contributed by atoms with E-state index in [1.165, 1.54) is 19.3 Å². The highest BCUT2D eigenvalue weighted by Gasteiger charge is 2.36. The Morgan fingerprint density at radius 1 is 1.42 bits per heavy atom. The summed E-state index contributed by atoms with van der Waals surface area (Å²) in [7, 11) is 0. The van der Waals surface area contributed by atoms with Crippen LogP contribution in [0.25, 0.3) is 0 Å². The Hall–Kier alpha value is -0.910. The highest BCUT2D eigenvalue weighted by molar-refractivity contribution is 8.00. The molecule has 0 atom stereocenters. The van der Waals surface area contributed by atoms with Crippen LogP contribution in [0, 0.1) is 5.41 Å². The standard InChI is InChI=1S/C13H25N3O2S/c1-12(2,10(14)16-18)11(17)15-9-13(19-3)7-5-4-6-8-13/h18H,4-9H2,1-3H3,(H2,14,16)(H,15,17). The molecule has 0 bridgehead atoms. The highest BCUT2D eigenvalue weighted by atomic mass is 32.2. The van der Waals surface area contributed by atoms with Crippen molar-refractivity contribution in [3.05, 3.63) is 0 Å². The van der Waals surface area contributed by atoms with E-state index in [4.69, 9.17) is 10.9 Å². The molecule has 0 saturated heterocycles. The van der Waals surface area contributed by atoms with Crippen LogP contribution >= 0.6 is 11.8 Å². The van der Waals surface area contributed by atoms with Crippen LogP contribution in [0.3, 0.4) is 0 Å². The molecule has 1 saturated carbocycles. The van der Waals surface area contributed by atoms with Crippen molar-refractivity contribution in [2.24, 2.45) is 16.3 Å². The van der Waals surface area contributed by atoms with E-state index in [1.807, 2.05) is 11.8 Å². The number of nitrogens with two attached hydrogens (primary N) is 1. The third-order valence-electron chi connectivity index (χ3n) is 4.08. The molecule has 1 rings (SSSR count). The fourth-order valence-corrected chi connectivity index (χ4v) is 3.27. The summed E-state index contributed by atoms with van der Waals surface area (Å²) in [6, 6.07) is 0. The molecule has 0 aliphatic heterocycles. The Bertz CT molecular complexity index is 350. The molecule has 0 spiro atoms. The maximum absolute atomic E-state index is 12.2. The molecule has 19 heavy (non-hydrogen) atoms. The van der Waals surface area contributed by atoms with Crippen LogP contribution < -0.4 is 11.1 Å². The van der Waals surface area contributed by atoms with Crippen LogP contribution in [0.1, 0.15) is 46.0 Å². The lowest BCUT2D eigenvalue weighted by molar-refractivity contribution is -0.126. The van der Waals surface area contributed by atoms with Gasteiger partial charge < -0.3 is 16.3 Å². The molecule has 6 heteroatoms. The van der Waals surface area contributed by atoms with E-state index in [-0.39, 0.29) is 16.5 Å². The first-order valence-corrected chi connectivity index (χ1v) is 7.92. The van der Waals surface area contributed by atoms with Gasteiger partial charge in [-0.25, -0.2) is 0 Å². The van der Waals surface area contributed by atoms with Gasteiger partial charge in [0.25, 0.3) is 0 Å². The Labute approximate surface area is 119 Å². The third kappa shape index (κ3) is 3.78. The molecule has 110 valence electrons. The molecule has 0 unspecified atom stereocenters. The number of nitrogens with zero attached hydrogens (tertiary/aromatic N) is 1. The number of carbonyl (C=O) groups excluding carboxylic acids is 1. The van der Waals surface area contributed by atoms with Crippen molar-refractivity contribution >= 4 is 23.5 Å². The van der Waals surface area contributed by atoms with Crippen molar-refractivity contribution in [3.8, 4) is 0 Å². The first-order chi connectivity index (χ1) is 8.88. The van der Waals surface area contributed by atoms with E-state index >= 15 is 0 Å². The summed E-state index contributed by atoms with van der Waals surface area (Å²) in [5, 5.41) is 14.6. The number of amides is 1. The lowest BCUT2D eigenvalue weighted by Crippen LogP contribution is -2.50. The van der Waals surface area contributed by atoms with E-state index < -0.39 is 5.41 Å². The van der Waals surface area contributed by atoms with Crippen LogP contribution in [0.4, 0.5) is 0 Å². The van der Waals surface area contributed by atoms with E-state index in [9.17, 15) is 4.79 Å². The number of amidine groups is 1. The van der Waals surface area contributed by atoms with Gasteiger partial charge in [-0.1, -0.05) is 24.4 Å². The van der Waals surface area contributed by atoms with Crippen LogP contribution in [0.15, 0.2) is 5.16 Å². The van der Waals surface area contributed by atoms with E-state index in [1.54, 1.807) is 13.8 Å². The Morgan fingerprint density at radius 3 is 2.47 bits per heavy atom. The van der Waals surface area contributed by atoms with Gasteiger partial charge in [-0.2, -0.15) is 11.8 Å². The molecule has 1 amide bonds. The van der Waals surface area contributed by atoms with Crippen molar-refractivity contribution in [3.63, 3.8) is 0 Å². The SMILES string of the molecule is CSC1(CNC(=O)C(C)(C)C(N)=NO)CCCCC1. The molecule has 5 nitrogen and oxygen atoms in total. The summed E-state index contributed by atoms with van der Waals surface area (Å²) in [5.41, 5.74) is 4.58. The second kappa shape index (κ2) is 6.50. The second-order valence-corrected chi connectivity index (χ2v) is 7.01. The maximum atomic E-state index is 12.2. The largest absolute Gasteiger partial charge is 0.409 e. The van der Waals surface area contributed by atoms with Crippen molar-refractivity contribution in [2.75, 3.05) is 12.8 Å². The zero-order valence-electron chi connectivity index (χ0n) is 12.0. The Balaban J connectivity index is 2.62. The number of nitrogens with one attached hydrogen (secondary N) is 1. The number of thioether (sulfide) groups is 1. The van der Waals surface area contributed by atoms with Gasteiger partial charge in [0.1, 0.15) is 5.41 Å². The average Bonchev–Trinajstić information content (AvgIpc) is 2.44. The van der Waals surface area contributed by atoms with Gasteiger partial charge in [0.15, 0.2) is 5.84 Å². The van der Waals surface area contributed by atoms with Crippen LogP contribution in [-0.4, -0.2) is 34.5 Å². The number of hydrogen-bond acceptors (Lipinski definition) is 4. The van der Waals surface area contributed by atoms with Gasteiger partial charge in [0.2, 0.25) is 5.91 Å². The third-order valence-corrected chi connectivity index (χ3v) is 5.50. The number of carbonyl (C=O) groups is 1. The molecular formula is C13H25N3O2S. The first kappa shape index (κ1) is 16.1. The van der Waals surface area contributed by atoms with Gasteiger partial charge in [-0.05, 0) is 32.9 Å². The maximum Gasteiger partial charge on any atom is 0.233 e. The number of hydrogen-bond donors (Lipinski definition) is 3. The topological polar surface area (TPSA) is 87.7 Å². The van der Waals surface area contributed by atoms with E-state index in [0.29, 0.717) is 6.54 Å². The molecule has 1 fully saturated rings. The lowest BCUT2D eigenvalue weighted by Gasteiger charge is -2.36. The van der Waals surface area contributed by atoms with Crippen molar-refractivity contribution in [1.29, 1.82) is 0 Å². The minimum Gasteiger partial charge on any atom is -0.409 e. The Morgan fingerprint density at radius 2 is 2.00 bits per heavy atom. The molecule has 0 aromatic carbocycles. The molecular weight excluding hydrogens is 262 g/mol. The van der Waals surface area contributed by atoms with Gasteiger partial charge >= 0.3 is 0 Å². The van der Waals surface area contributed by atoms with Crippen LogP contribution in [0.5, 0.6) is 0 Å². The van der Waals surface area contributed by atoms with Gasteiger partial charge in [0.05, 0.1) is 0 Å². The summed E-state index contributed by atoms with van der Waals surface area (Å²) in [6.07, 6.45) is 8.11. The van der Waals surface area contributed by atoms with E-state index in [2.05, 4.69) is 16.7 Å². The number of oxime groups is 1. The predicted molar refractivity (Wildman–Crippen MR) is 79.5 cm³/mol. The normalized spacial score (nSPS) is 20.1. The van der Waals surface area contributed by atoms with Gasteiger partial charge in [0, 0.05) is 11.3 Å². The van der Waals surface area contributed by atoms with Gasteiger partial charge in [-0.15, -0.1) is 0 Å². The lowest BCUT2D eigenvalue weighted by atomic mass is 9.87. The molecule has 0 radical (unpaired) electrons. The minimum atomic E-state index is -0.983. The van der Waals surface area contributed by atoms with Crippen molar-refractivity contribution in [1.82, 2.24) is 5.32 Å². The summed E-state index contributed by atoms with van der Waals surface area (Å²) in [6.45, 7) is 3.96. The molecule has 0 aromatic rings. The fraction of sp³-hybridized carbons (Fsp3) is 0.846. The molecule has 4 N–H and O–H groups in total. The first-order valence-electron chi connectivity index (χ1n) is 6.69. The van der Waals surface area contributed by atoms with Crippen molar-refractivity contribution in [2.45, 2.75) is 50.7 Å². The molecule has 0 heterocycles. The van der Waals surface area contributed by atoms with E-state index in [0.717, 1.165) is 12.8 Å². The van der Waals surface area contributed by atoms with Crippen LogP contribution in [0.2, 0.25) is 0 Å². The molecule has 1 aliphatic carbocycles. The predicted octanol–water partition coefficient (Wildman–Crippen LogP) is 1.94. The monoisotopic (exact) mass is 287 g/mol. The minimum absolute atomic E-state index is 0.0631. The zero-order valence-corrected chi connectivity index (χ0v) is 12.8. The zero-order chi connectivity index (χ0) is 14.5. The summed E-state index contributed by atoms with van der Waals surface area (Å²) in [5.74, 6) is -0.256. The van der Waals surface area contributed by atoms with Crippen LogP contribution in [-0.2, 0) is 4.79 Å². The van der Waals surface area contributed by atoms with Gasteiger partial charge in [-0.3, -0.25) is 4.79 Å². The number of rotatable bonds is 5. The average molecular weight is 287 g/mol. The van der Waals surface area contributed by atoms with Crippen molar-refractivity contribution < 1.29 is 10.0 Å². The fourth-order valence-electron chi connectivity index (χ4n) is 2.35. The highest BCUT2D eigenvalue weighted by Crippen LogP contribution is 2.38. The summed E-state index contributed by atoms with van der Waals surface area (Å²) >= 11 is 1.83. The summed E-state index contributed by atoms with van der Waals surface area (Å²) < 4.78 is 0.148. The smallest absolute Gasteiger partial charge is 0.233 e.